The highest BCUT2D eigenvalue weighted by atomic mass is 32.2. The maximum absolute atomic E-state index is 13.4. The molecule has 0 bridgehead atoms. The van der Waals surface area contributed by atoms with Gasteiger partial charge < -0.3 is 0 Å². The Morgan fingerprint density at radius 2 is 1.56 bits per heavy atom. The van der Waals surface area contributed by atoms with Crippen LogP contribution in [0.4, 0.5) is 0 Å². The number of hydrogen-bond acceptors (Lipinski definition) is 4. The van der Waals surface area contributed by atoms with Crippen LogP contribution in [0.2, 0.25) is 0 Å². The predicted octanol–water partition coefficient (Wildman–Crippen LogP) is 6.04. The van der Waals surface area contributed by atoms with Crippen molar-refractivity contribution >= 4 is 21.1 Å². The second-order valence-corrected chi connectivity index (χ2v) is 9.77. The first-order chi connectivity index (χ1) is 16.5. The number of benzene rings is 3. The van der Waals surface area contributed by atoms with Crippen LogP contribution in [-0.2, 0) is 16.4 Å². The minimum Gasteiger partial charge on any atom is -0.245 e. The molecular weight excluding hydrogens is 442 g/mol. The van der Waals surface area contributed by atoms with Crippen LogP contribution in [0.3, 0.4) is 0 Å². The van der Waals surface area contributed by atoms with Crippen molar-refractivity contribution in [1.29, 1.82) is 5.26 Å². The van der Waals surface area contributed by atoms with Gasteiger partial charge in [-0.1, -0.05) is 61.5 Å². The summed E-state index contributed by atoms with van der Waals surface area (Å²) < 4.78 is 28.0. The van der Waals surface area contributed by atoms with Crippen LogP contribution in [0.5, 0.6) is 0 Å². The lowest BCUT2D eigenvalue weighted by Crippen LogP contribution is -2.11. The van der Waals surface area contributed by atoms with Crippen molar-refractivity contribution in [3.05, 3.63) is 108 Å². The Bertz CT molecular complexity index is 1630. The number of aryl methyl sites for hydroxylation is 1. The molecule has 0 spiro atoms. The molecule has 6 heteroatoms. The molecule has 0 saturated carbocycles. The van der Waals surface area contributed by atoms with Gasteiger partial charge in [0.05, 0.1) is 33.3 Å². The molecule has 166 valence electrons. The van der Waals surface area contributed by atoms with Gasteiger partial charge >= 0.3 is 0 Å². The largest absolute Gasteiger partial charge is 0.268 e. The summed E-state index contributed by atoms with van der Waals surface area (Å²) in [6.07, 6.45) is 2.49. The molecule has 0 aliphatic heterocycles. The Morgan fingerprint density at radius 3 is 2.21 bits per heavy atom. The van der Waals surface area contributed by atoms with Gasteiger partial charge in [0.1, 0.15) is 0 Å². The summed E-state index contributed by atoms with van der Waals surface area (Å²) in [6, 6.07) is 29.6. The Morgan fingerprint density at radius 1 is 0.882 bits per heavy atom. The van der Waals surface area contributed by atoms with E-state index in [1.54, 1.807) is 54.7 Å². The summed E-state index contributed by atoms with van der Waals surface area (Å²) >= 11 is 0. The van der Waals surface area contributed by atoms with Crippen molar-refractivity contribution in [3.8, 4) is 28.5 Å². The zero-order chi connectivity index (χ0) is 23.7. The van der Waals surface area contributed by atoms with Gasteiger partial charge in [-0.15, -0.1) is 0 Å². The second kappa shape index (κ2) is 8.62. The standard InChI is InChI=1S/C28H21N3O2S/c1-2-20-8-14-23(15-9-20)28-25(22-12-10-21(19-29)11-13-22)18-27-26(30-28)16-17-31(27)34(32,33)24-6-4-3-5-7-24/h3-18H,2H2,1H3. The Labute approximate surface area is 198 Å². The molecule has 2 aromatic heterocycles. The molecule has 0 saturated heterocycles. The molecule has 0 atom stereocenters. The van der Waals surface area contributed by atoms with E-state index in [1.807, 2.05) is 30.3 Å². The first-order valence-electron chi connectivity index (χ1n) is 10.9. The van der Waals surface area contributed by atoms with Crippen LogP contribution in [0.15, 0.2) is 102 Å². The van der Waals surface area contributed by atoms with Gasteiger partial charge in [-0.25, -0.2) is 17.4 Å². The minimum atomic E-state index is -3.78. The third kappa shape index (κ3) is 3.76. The first-order valence-corrected chi connectivity index (χ1v) is 12.4. The summed E-state index contributed by atoms with van der Waals surface area (Å²) in [7, 11) is -3.78. The van der Waals surface area contributed by atoms with Crippen molar-refractivity contribution in [1.82, 2.24) is 8.96 Å². The molecule has 0 N–H and O–H groups in total. The normalized spacial score (nSPS) is 11.4. The molecule has 0 fully saturated rings. The third-order valence-corrected chi connectivity index (χ3v) is 7.60. The Kier molecular flexibility index (Phi) is 5.48. The van der Waals surface area contributed by atoms with E-state index in [1.165, 1.54) is 9.54 Å². The van der Waals surface area contributed by atoms with Crippen molar-refractivity contribution in [2.75, 3.05) is 0 Å². The molecule has 2 heterocycles. The fourth-order valence-electron chi connectivity index (χ4n) is 4.01. The van der Waals surface area contributed by atoms with Crippen LogP contribution in [0, 0.1) is 11.3 Å². The highest BCUT2D eigenvalue weighted by molar-refractivity contribution is 7.90. The molecule has 34 heavy (non-hydrogen) atoms. The summed E-state index contributed by atoms with van der Waals surface area (Å²) in [4.78, 5) is 5.11. The SMILES string of the molecule is CCc1ccc(-c2nc3ccn(S(=O)(=O)c4ccccc4)c3cc2-c2ccc(C#N)cc2)cc1. The number of rotatable bonds is 5. The number of nitriles is 1. The Hall–Kier alpha value is -4.21. The van der Waals surface area contributed by atoms with Crippen molar-refractivity contribution in [2.24, 2.45) is 0 Å². The quantitative estimate of drug-likeness (QED) is 0.318. The van der Waals surface area contributed by atoms with E-state index >= 15 is 0 Å². The number of nitrogens with zero attached hydrogens (tertiary/aromatic N) is 3. The number of fused-ring (bicyclic) bond motifs is 1. The molecule has 0 radical (unpaired) electrons. The van der Waals surface area contributed by atoms with Gasteiger partial charge in [0.2, 0.25) is 0 Å². The van der Waals surface area contributed by atoms with Crippen LogP contribution < -0.4 is 0 Å². The molecule has 0 amide bonds. The number of hydrogen-bond donors (Lipinski definition) is 0. The van der Waals surface area contributed by atoms with Crippen LogP contribution in [0.25, 0.3) is 33.4 Å². The first kappa shape index (κ1) is 21.6. The zero-order valence-corrected chi connectivity index (χ0v) is 19.3. The van der Waals surface area contributed by atoms with E-state index < -0.39 is 10.0 Å². The van der Waals surface area contributed by atoms with Crippen LogP contribution in [-0.4, -0.2) is 17.4 Å². The van der Waals surface area contributed by atoms with Crippen LogP contribution in [0.1, 0.15) is 18.1 Å². The molecule has 5 nitrogen and oxygen atoms in total. The lowest BCUT2D eigenvalue weighted by molar-refractivity contribution is 0.589. The summed E-state index contributed by atoms with van der Waals surface area (Å²) in [6.45, 7) is 2.11. The van der Waals surface area contributed by atoms with Gasteiger partial charge in [-0.05, 0) is 53.9 Å². The number of aromatic nitrogens is 2. The van der Waals surface area contributed by atoms with Crippen LogP contribution >= 0.6 is 0 Å². The van der Waals surface area contributed by atoms with Crippen molar-refractivity contribution in [3.63, 3.8) is 0 Å². The molecule has 0 aliphatic rings. The lowest BCUT2D eigenvalue weighted by atomic mass is 9.97. The van der Waals surface area contributed by atoms with E-state index in [4.69, 9.17) is 4.98 Å². The van der Waals surface area contributed by atoms with E-state index in [0.29, 0.717) is 16.6 Å². The summed E-state index contributed by atoms with van der Waals surface area (Å²) in [5.41, 5.74) is 6.22. The summed E-state index contributed by atoms with van der Waals surface area (Å²) in [5.74, 6) is 0. The van der Waals surface area contributed by atoms with Gasteiger partial charge in [-0.2, -0.15) is 5.26 Å². The highest BCUT2D eigenvalue weighted by Gasteiger charge is 2.21. The molecule has 5 aromatic rings. The topological polar surface area (TPSA) is 75.8 Å². The average Bonchev–Trinajstić information content (AvgIpc) is 3.32. The smallest absolute Gasteiger partial charge is 0.245 e. The Balaban J connectivity index is 1.75. The maximum Gasteiger partial charge on any atom is 0.268 e. The monoisotopic (exact) mass is 463 g/mol. The molecule has 0 aliphatic carbocycles. The minimum absolute atomic E-state index is 0.214. The van der Waals surface area contributed by atoms with E-state index in [-0.39, 0.29) is 4.90 Å². The zero-order valence-electron chi connectivity index (χ0n) is 18.5. The van der Waals surface area contributed by atoms with Gasteiger partial charge in [0, 0.05) is 17.3 Å². The van der Waals surface area contributed by atoms with Gasteiger partial charge in [-0.3, -0.25) is 0 Å². The molecule has 5 rings (SSSR count). The maximum atomic E-state index is 13.4. The molecule has 0 unspecified atom stereocenters. The molecule has 3 aromatic carbocycles. The third-order valence-electron chi connectivity index (χ3n) is 5.90. The number of pyridine rings is 1. The van der Waals surface area contributed by atoms with E-state index in [2.05, 4.69) is 25.1 Å². The van der Waals surface area contributed by atoms with Crippen molar-refractivity contribution < 1.29 is 8.42 Å². The van der Waals surface area contributed by atoms with Gasteiger partial charge in [0.25, 0.3) is 10.0 Å². The van der Waals surface area contributed by atoms with Gasteiger partial charge in [0.15, 0.2) is 0 Å². The second-order valence-electron chi connectivity index (χ2n) is 7.96. The predicted molar refractivity (Wildman–Crippen MR) is 134 cm³/mol. The average molecular weight is 464 g/mol. The van der Waals surface area contributed by atoms with Crippen molar-refractivity contribution in [2.45, 2.75) is 18.2 Å². The fourth-order valence-corrected chi connectivity index (χ4v) is 5.37. The summed E-state index contributed by atoms with van der Waals surface area (Å²) in [5, 5.41) is 9.20. The fraction of sp³-hybridized carbons (Fsp3) is 0.0714. The van der Waals surface area contributed by atoms with E-state index in [9.17, 15) is 13.7 Å². The lowest BCUT2D eigenvalue weighted by Gasteiger charge is -2.13. The molecular formula is C28H21N3O2S. The van der Waals surface area contributed by atoms with E-state index in [0.717, 1.165) is 28.8 Å². The highest BCUT2D eigenvalue weighted by Crippen LogP contribution is 2.35.